The maximum atomic E-state index is 13.3. The van der Waals surface area contributed by atoms with Crippen LogP contribution >= 0.6 is 0 Å². The lowest BCUT2D eigenvalue weighted by molar-refractivity contribution is 0.257. The first-order valence-electron chi connectivity index (χ1n) is 9.81. The van der Waals surface area contributed by atoms with Crippen molar-refractivity contribution in [1.82, 2.24) is 4.72 Å². The van der Waals surface area contributed by atoms with Gasteiger partial charge in [-0.1, -0.05) is 35.9 Å². The van der Waals surface area contributed by atoms with E-state index in [4.69, 9.17) is 0 Å². The molecule has 8 heteroatoms. The molecule has 0 heterocycles. The summed E-state index contributed by atoms with van der Waals surface area (Å²) in [6.45, 7) is 2.27. The Morgan fingerprint density at radius 2 is 1.58 bits per heavy atom. The first-order chi connectivity index (χ1) is 14.8. The number of hydrogen-bond acceptors (Lipinski definition) is 3. The number of anilines is 2. The highest BCUT2D eigenvalue weighted by atomic mass is 32.2. The van der Waals surface area contributed by atoms with Crippen LogP contribution in [-0.2, 0) is 10.0 Å². The summed E-state index contributed by atoms with van der Waals surface area (Å²) < 4.78 is 40.7. The van der Waals surface area contributed by atoms with E-state index in [2.05, 4.69) is 10.0 Å². The molecule has 3 aromatic carbocycles. The summed E-state index contributed by atoms with van der Waals surface area (Å²) >= 11 is 0. The molecule has 3 rings (SSSR count). The van der Waals surface area contributed by atoms with Gasteiger partial charge in [-0.2, -0.15) is 0 Å². The number of rotatable bonds is 8. The quantitative estimate of drug-likeness (QED) is 0.504. The average molecular weight is 442 g/mol. The van der Waals surface area contributed by atoms with Gasteiger partial charge in [0.1, 0.15) is 5.82 Å². The van der Waals surface area contributed by atoms with E-state index < -0.39 is 15.8 Å². The monoisotopic (exact) mass is 441 g/mol. The minimum atomic E-state index is -3.63. The van der Waals surface area contributed by atoms with Crippen LogP contribution in [0.2, 0.25) is 0 Å². The lowest BCUT2D eigenvalue weighted by Crippen LogP contribution is -2.37. The minimum Gasteiger partial charge on any atom is -0.308 e. The van der Waals surface area contributed by atoms with Crippen molar-refractivity contribution in [2.75, 3.05) is 23.3 Å². The average Bonchev–Trinajstić information content (AvgIpc) is 2.75. The number of urea groups is 1. The van der Waals surface area contributed by atoms with Crippen molar-refractivity contribution in [2.24, 2.45) is 0 Å². The Morgan fingerprint density at radius 3 is 2.23 bits per heavy atom. The predicted octanol–water partition coefficient (Wildman–Crippen LogP) is 4.54. The van der Waals surface area contributed by atoms with Gasteiger partial charge in [0.15, 0.2) is 0 Å². The molecule has 0 aliphatic carbocycles. The summed E-state index contributed by atoms with van der Waals surface area (Å²) in [4.78, 5) is 14.5. The summed E-state index contributed by atoms with van der Waals surface area (Å²) in [5.74, 6) is -0.405. The third kappa shape index (κ3) is 6.37. The number of benzene rings is 3. The van der Waals surface area contributed by atoms with Gasteiger partial charge in [0.25, 0.3) is 0 Å². The van der Waals surface area contributed by atoms with E-state index in [1.165, 1.54) is 29.2 Å². The number of amides is 2. The molecule has 2 N–H and O–H groups in total. The molecule has 162 valence electrons. The summed E-state index contributed by atoms with van der Waals surface area (Å²) in [6, 6.07) is 20.7. The highest BCUT2D eigenvalue weighted by molar-refractivity contribution is 7.89. The Labute approximate surface area is 181 Å². The minimum absolute atomic E-state index is 0.145. The zero-order valence-electron chi connectivity index (χ0n) is 17.1. The number of nitrogens with one attached hydrogen (secondary N) is 2. The SMILES string of the molecule is Cc1ccc(S(=O)(=O)NCCCN(C(=O)Nc2ccccc2)c2ccc(F)cc2)cc1. The van der Waals surface area contributed by atoms with Crippen molar-refractivity contribution in [3.05, 3.63) is 90.2 Å². The molecule has 0 radical (unpaired) electrons. The Balaban J connectivity index is 1.65. The first-order valence-corrected chi connectivity index (χ1v) is 11.3. The van der Waals surface area contributed by atoms with Crippen LogP contribution in [0.4, 0.5) is 20.6 Å². The van der Waals surface area contributed by atoms with Crippen LogP contribution in [0.1, 0.15) is 12.0 Å². The molecule has 6 nitrogen and oxygen atoms in total. The van der Waals surface area contributed by atoms with Crippen LogP contribution < -0.4 is 14.9 Å². The van der Waals surface area contributed by atoms with Gasteiger partial charge < -0.3 is 5.32 Å². The van der Waals surface area contributed by atoms with Crippen molar-refractivity contribution in [2.45, 2.75) is 18.2 Å². The predicted molar refractivity (Wildman–Crippen MR) is 120 cm³/mol. The Morgan fingerprint density at radius 1 is 0.935 bits per heavy atom. The number of carbonyl (C=O) groups excluding carboxylic acids is 1. The Kier molecular flexibility index (Phi) is 7.38. The van der Waals surface area contributed by atoms with Crippen LogP contribution in [0, 0.1) is 12.7 Å². The van der Waals surface area contributed by atoms with Crippen LogP contribution in [0.15, 0.2) is 83.8 Å². The second-order valence-corrected chi connectivity index (χ2v) is 8.76. The van der Waals surface area contributed by atoms with E-state index in [1.807, 2.05) is 13.0 Å². The van der Waals surface area contributed by atoms with E-state index in [0.29, 0.717) is 17.8 Å². The molecular formula is C23H24FN3O3S. The van der Waals surface area contributed by atoms with E-state index in [9.17, 15) is 17.6 Å². The topological polar surface area (TPSA) is 78.5 Å². The van der Waals surface area contributed by atoms with Crippen molar-refractivity contribution in [3.63, 3.8) is 0 Å². The maximum absolute atomic E-state index is 13.3. The molecule has 3 aromatic rings. The van der Waals surface area contributed by atoms with Crippen molar-refractivity contribution in [1.29, 1.82) is 0 Å². The number of halogens is 1. The molecule has 0 aliphatic heterocycles. The molecule has 0 bridgehead atoms. The van der Waals surface area contributed by atoms with Gasteiger partial charge in [0.05, 0.1) is 4.90 Å². The molecule has 2 amide bonds. The molecule has 0 atom stereocenters. The molecule has 0 saturated heterocycles. The standard InChI is InChI=1S/C23H24FN3O3S/c1-18-8-14-22(15-9-18)31(29,30)25-16-5-17-27(21-12-10-19(24)11-13-21)23(28)26-20-6-3-2-4-7-20/h2-4,6-15,25H,5,16-17H2,1H3,(H,26,28). The Hall–Kier alpha value is -3.23. The molecule has 0 fully saturated rings. The number of hydrogen-bond donors (Lipinski definition) is 2. The van der Waals surface area contributed by atoms with Gasteiger partial charge in [0, 0.05) is 24.5 Å². The highest BCUT2D eigenvalue weighted by Gasteiger charge is 2.17. The second kappa shape index (κ2) is 10.2. The number of sulfonamides is 1. The van der Waals surface area contributed by atoms with Crippen molar-refractivity contribution in [3.8, 4) is 0 Å². The fourth-order valence-electron chi connectivity index (χ4n) is 2.93. The van der Waals surface area contributed by atoms with E-state index in [-0.39, 0.29) is 24.0 Å². The maximum Gasteiger partial charge on any atom is 0.326 e. The number of aryl methyl sites for hydroxylation is 1. The van der Waals surface area contributed by atoms with Gasteiger partial charge in [-0.3, -0.25) is 4.90 Å². The van der Waals surface area contributed by atoms with Crippen LogP contribution in [-0.4, -0.2) is 27.5 Å². The Bertz CT molecular complexity index is 1100. The zero-order chi connectivity index (χ0) is 22.3. The third-order valence-corrected chi connectivity index (χ3v) is 6.07. The lowest BCUT2D eigenvalue weighted by atomic mass is 10.2. The van der Waals surface area contributed by atoms with E-state index in [0.717, 1.165) is 5.56 Å². The molecule has 0 spiro atoms. The van der Waals surface area contributed by atoms with Crippen LogP contribution in [0.5, 0.6) is 0 Å². The second-order valence-electron chi connectivity index (χ2n) is 6.99. The van der Waals surface area contributed by atoms with Gasteiger partial charge in [-0.25, -0.2) is 22.3 Å². The largest absolute Gasteiger partial charge is 0.326 e. The highest BCUT2D eigenvalue weighted by Crippen LogP contribution is 2.18. The fraction of sp³-hybridized carbons (Fsp3) is 0.174. The van der Waals surface area contributed by atoms with Crippen molar-refractivity contribution < 1.29 is 17.6 Å². The first kappa shape index (κ1) is 22.5. The summed E-state index contributed by atoms with van der Waals surface area (Å²) in [6.07, 6.45) is 0.366. The molecule has 0 aromatic heterocycles. The number of para-hydroxylation sites is 1. The van der Waals surface area contributed by atoms with Gasteiger partial charge in [-0.15, -0.1) is 0 Å². The summed E-state index contributed by atoms with van der Waals surface area (Å²) in [5, 5.41) is 2.80. The van der Waals surface area contributed by atoms with Gasteiger partial charge >= 0.3 is 6.03 Å². The molecule has 0 unspecified atom stereocenters. The lowest BCUT2D eigenvalue weighted by Gasteiger charge is -2.23. The fourth-order valence-corrected chi connectivity index (χ4v) is 4.00. The molecule has 0 aliphatic rings. The van der Waals surface area contributed by atoms with Crippen molar-refractivity contribution >= 4 is 27.4 Å². The smallest absolute Gasteiger partial charge is 0.308 e. The number of nitrogens with zero attached hydrogens (tertiary/aromatic N) is 1. The van der Waals surface area contributed by atoms with Crippen LogP contribution in [0.25, 0.3) is 0 Å². The summed E-state index contributed by atoms with van der Waals surface area (Å²) in [7, 11) is -3.63. The summed E-state index contributed by atoms with van der Waals surface area (Å²) in [5.41, 5.74) is 2.11. The molecule has 0 saturated carbocycles. The number of carbonyl (C=O) groups is 1. The zero-order valence-corrected chi connectivity index (χ0v) is 17.9. The van der Waals surface area contributed by atoms with E-state index in [1.54, 1.807) is 48.5 Å². The van der Waals surface area contributed by atoms with Crippen LogP contribution in [0.3, 0.4) is 0 Å². The van der Waals surface area contributed by atoms with Gasteiger partial charge in [0.2, 0.25) is 10.0 Å². The normalized spacial score (nSPS) is 11.2. The third-order valence-electron chi connectivity index (χ3n) is 4.59. The van der Waals surface area contributed by atoms with Gasteiger partial charge in [-0.05, 0) is 61.9 Å². The molecular weight excluding hydrogens is 417 g/mol. The van der Waals surface area contributed by atoms with E-state index >= 15 is 0 Å². The molecule has 31 heavy (non-hydrogen) atoms.